The second-order valence-electron chi connectivity index (χ2n) is 8.10. The summed E-state index contributed by atoms with van der Waals surface area (Å²) in [6.45, 7) is 5.47. The Labute approximate surface area is 188 Å². The highest BCUT2D eigenvalue weighted by atomic mass is 16.5. The second-order valence-corrected chi connectivity index (χ2v) is 8.10. The molecule has 170 valence electrons. The van der Waals surface area contributed by atoms with Gasteiger partial charge in [-0.25, -0.2) is 0 Å². The molecule has 3 N–H and O–H groups in total. The summed E-state index contributed by atoms with van der Waals surface area (Å²) in [7, 11) is 0. The molecule has 1 heterocycles. The minimum absolute atomic E-state index is 0.0629. The van der Waals surface area contributed by atoms with Crippen molar-refractivity contribution in [2.45, 2.75) is 45.6 Å². The molecule has 3 rings (SSSR count). The van der Waals surface area contributed by atoms with Gasteiger partial charge in [0.1, 0.15) is 11.5 Å². The molecule has 32 heavy (non-hydrogen) atoms. The SMILES string of the molecule is CCC(CC)C(=O)N1CCC(NC(=O)c2ccc(Oc3ccc(C(N)=O)cc3)cc2)CC1. The fourth-order valence-corrected chi connectivity index (χ4v) is 3.91. The zero-order valence-electron chi connectivity index (χ0n) is 18.7. The standard InChI is InChI=1S/C25H31N3O4/c1-3-17(4-2)25(31)28-15-13-20(14-16-28)27-24(30)19-7-11-22(12-8-19)32-21-9-5-18(6-10-21)23(26)29/h5-12,17,20H,3-4,13-16H2,1-2H3,(H2,26,29)(H,27,30). The maximum Gasteiger partial charge on any atom is 0.251 e. The molecule has 2 aromatic carbocycles. The van der Waals surface area contributed by atoms with Crippen LogP contribution in [0.2, 0.25) is 0 Å². The summed E-state index contributed by atoms with van der Waals surface area (Å²) in [5.74, 6) is 0.869. The maximum absolute atomic E-state index is 12.6. The predicted molar refractivity (Wildman–Crippen MR) is 123 cm³/mol. The van der Waals surface area contributed by atoms with Crippen LogP contribution in [-0.2, 0) is 4.79 Å². The number of amides is 3. The minimum atomic E-state index is -0.490. The highest BCUT2D eigenvalue weighted by Crippen LogP contribution is 2.22. The number of carbonyl (C=O) groups excluding carboxylic acids is 3. The zero-order valence-corrected chi connectivity index (χ0v) is 18.7. The molecule has 3 amide bonds. The normalized spacial score (nSPS) is 14.3. The maximum atomic E-state index is 12.6. The number of hydrogen-bond donors (Lipinski definition) is 2. The molecule has 0 radical (unpaired) electrons. The first-order valence-electron chi connectivity index (χ1n) is 11.2. The van der Waals surface area contributed by atoms with Crippen LogP contribution in [0.4, 0.5) is 0 Å². The molecule has 0 aliphatic carbocycles. The van der Waals surface area contributed by atoms with E-state index in [0.717, 1.165) is 25.7 Å². The number of likely N-dealkylation sites (tertiary alicyclic amines) is 1. The summed E-state index contributed by atoms with van der Waals surface area (Å²) in [6, 6.07) is 13.5. The van der Waals surface area contributed by atoms with Crippen molar-refractivity contribution in [2.24, 2.45) is 11.7 Å². The number of nitrogens with two attached hydrogens (primary N) is 1. The van der Waals surface area contributed by atoms with E-state index in [2.05, 4.69) is 19.2 Å². The molecular formula is C25H31N3O4. The highest BCUT2D eigenvalue weighted by Gasteiger charge is 2.27. The van der Waals surface area contributed by atoms with Gasteiger partial charge in [-0.3, -0.25) is 14.4 Å². The average Bonchev–Trinajstić information content (AvgIpc) is 2.81. The molecule has 1 fully saturated rings. The Morgan fingerprint density at radius 3 is 1.91 bits per heavy atom. The van der Waals surface area contributed by atoms with Gasteiger partial charge in [0.2, 0.25) is 11.8 Å². The van der Waals surface area contributed by atoms with Crippen molar-refractivity contribution in [1.82, 2.24) is 10.2 Å². The van der Waals surface area contributed by atoms with Gasteiger partial charge in [0.25, 0.3) is 5.91 Å². The van der Waals surface area contributed by atoms with Gasteiger partial charge in [0.05, 0.1) is 0 Å². The van der Waals surface area contributed by atoms with E-state index in [0.29, 0.717) is 35.7 Å². The van der Waals surface area contributed by atoms with E-state index in [1.807, 2.05) is 4.90 Å². The van der Waals surface area contributed by atoms with Gasteiger partial charge in [-0.2, -0.15) is 0 Å². The van der Waals surface area contributed by atoms with Crippen LogP contribution in [0.25, 0.3) is 0 Å². The summed E-state index contributed by atoms with van der Waals surface area (Å²) < 4.78 is 5.75. The summed E-state index contributed by atoms with van der Waals surface area (Å²) in [6.07, 6.45) is 3.26. The van der Waals surface area contributed by atoms with E-state index in [1.165, 1.54) is 0 Å². The third-order valence-electron chi connectivity index (χ3n) is 5.97. The number of ether oxygens (including phenoxy) is 1. The number of nitrogens with one attached hydrogen (secondary N) is 1. The van der Waals surface area contributed by atoms with Crippen LogP contribution in [0, 0.1) is 5.92 Å². The van der Waals surface area contributed by atoms with Crippen molar-refractivity contribution in [1.29, 1.82) is 0 Å². The van der Waals surface area contributed by atoms with Crippen molar-refractivity contribution < 1.29 is 19.1 Å². The first-order chi connectivity index (χ1) is 15.4. The molecule has 1 aliphatic heterocycles. The fraction of sp³-hybridized carbons (Fsp3) is 0.400. The molecule has 1 aliphatic rings. The van der Waals surface area contributed by atoms with Gasteiger partial charge >= 0.3 is 0 Å². The molecule has 0 unspecified atom stereocenters. The van der Waals surface area contributed by atoms with Crippen molar-refractivity contribution in [3.05, 3.63) is 59.7 Å². The monoisotopic (exact) mass is 437 g/mol. The largest absolute Gasteiger partial charge is 0.457 e. The van der Waals surface area contributed by atoms with Crippen LogP contribution < -0.4 is 15.8 Å². The lowest BCUT2D eigenvalue weighted by Crippen LogP contribution is -2.48. The Kier molecular flexibility index (Phi) is 7.87. The summed E-state index contributed by atoms with van der Waals surface area (Å²) in [5.41, 5.74) is 6.20. The van der Waals surface area contributed by atoms with E-state index in [4.69, 9.17) is 10.5 Å². The molecule has 2 aromatic rings. The number of rotatable bonds is 8. The molecule has 0 atom stereocenters. The summed E-state index contributed by atoms with van der Waals surface area (Å²) >= 11 is 0. The van der Waals surface area contributed by atoms with Gasteiger partial charge in [-0.15, -0.1) is 0 Å². The number of piperidine rings is 1. The van der Waals surface area contributed by atoms with Crippen LogP contribution in [0.5, 0.6) is 11.5 Å². The molecule has 0 aromatic heterocycles. The molecular weight excluding hydrogens is 406 g/mol. The number of benzene rings is 2. The Hall–Kier alpha value is -3.35. The lowest BCUT2D eigenvalue weighted by molar-refractivity contribution is -0.136. The van der Waals surface area contributed by atoms with Crippen LogP contribution >= 0.6 is 0 Å². The Balaban J connectivity index is 1.50. The molecule has 0 spiro atoms. The van der Waals surface area contributed by atoms with E-state index in [-0.39, 0.29) is 23.8 Å². The van der Waals surface area contributed by atoms with Gasteiger partial charge in [0.15, 0.2) is 0 Å². The summed E-state index contributed by atoms with van der Waals surface area (Å²) in [5, 5.41) is 3.08. The molecule has 0 saturated carbocycles. The topological polar surface area (TPSA) is 102 Å². The van der Waals surface area contributed by atoms with Crippen LogP contribution in [0.3, 0.4) is 0 Å². The van der Waals surface area contributed by atoms with Crippen molar-refractivity contribution in [3.8, 4) is 11.5 Å². The van der Waals surface area contributed by atoms with Gasteiger partial charge in [0, 0.05) is 36.2 Å². The zero-order chi connectivity index (χ0) is 23.1. The predicted octanol–water partition coefficient (Wildman–Crippen LogP) is 3.73. The van der Waals surface area contributed by atoms with Crippen LogP contribution in [0.1, 0.15) is 60.2 Å². The Morgan fingerprint density at radius 1 is 0.938 bits per heavy atom. The first kappa shape index (κ1) is 23.3. The summed E-state index contributed by atoms with van der Waals surface area (Å²) in [4.78, 5) is 38.2. The van der Waals surface area contributed by atoms with Gasteiger partial charge in [-0.1, -0.05) is 13.8 Å². The minimum Gasteiger partial charge on any atom is -0.457 e. The van der Waals surface area contributed by atoms with Gasteiger partial charge in [-0.05, 0) is 74.2 Å². The second kappa shape index (κ2) is 10.8. The lowest BCUT2D eigenvalue weighted by Gasteiger charge is -2.34. The Bertz CT molecular complexity index is 929. The average molecular weight is 438 g/mol. The molecule has 1 saturated heterocycles. The number of nitrogens with zero attached hydrogens (tertiary/aromatic N) is 1. The van der Waals surface area contributed by atoms with Crippen LogP contribution in [-0.4, -0.2) is 41.8 Å². The fourth-order valence-electron chi connectivity index (χ4n) is 3.91. The van der Waals surface area contributed by atoms with E-state index in [9.17, 15) is 14.4 Å². The van der Waals surface area contributed by atoms with Gasteiger partial charge < -0.3 is 20.7 Å². The molecule has 7 nitrogen and oxygen atoms in total. The third kappa shape index (κ3) is 5.87. The smallest absolute Gasteiger partial charge is 0.251 e. The number of hydrogen-bond acceptors (Lipinski definition) is 4. The van der Waals surface area contributed by atoms with Crippen molar-refractivity contribution >= 4 is 17.7 Å². The van der Waals surface area contributed by atoms with E-state index in [1.54, 1.807) is 48.5 Å². The van der Waals surface area contributed by atoms with E-state index >= 15 is 0 Å². The van der Waals surface area contributed by atoms with Crippen molar-refractivity contribution in [2.75, 3.05) is 13.1 Å². The number of carbonyl (C=O) groups is 3. The van der Waals surface area contributed by atoms with E-state index < -0.39 is 5.91 Å². The Morgan fingerprint density at radius 2 is 1.44 bits per heavy atom. The first-order valence-corrected chi connectivity index (χ1v) is 11.2. The molecule has 0 bridgehead atoms. The quantitative estimate of drug-likeness (QED) is 0.657. The third-order valence-corrected chi connectivity index (χ3v) is 5.97. The number of primary amides is 1. The highest BCUT2D eigenvalue weighted by molar-refractivity contribution is 5.94. The lowest BCUT2D eigenvalue weighted by atomic mass is 9.98. The van der Waals surface area contributed by atoms with Crippen molar-refractivity contribution in [3.63, 3.8) is 0 Å². The van der Waals surface area contributed by atoms with Crippen LogP contribution in [0.15, 0.2) is 48.5 Å². The molecule has 7 heteroatoms.